The average molecular weight is 352 g/mol. The highest BCUT2D eigenvalue weighted by molar-refractivity contribution is 5.82. The third kappa shape index (κ3) is 2.07. The highest BCUT2D eigenvalue weighted by Crippen LogP contribution is 2.66. The number of nitrogens with zero attached hydrogens (tertiary/aromatic N) is 1. The number of anilines is 1. The summed E-state index contributed by atoms with van der Waals surface area (Å²) in [6, 6.07) is 0.256. The van der Waals surface area contributed by atoms with Crippen molar-refractivity contribution in [3.8, 4) is 0 Å². The Hall–Kier alpha value is -1.84. The van der Waals surface area contributed by atoms with Crippen LogP contribution in [0.1, 0.15) is 64.5 Å². The molecule has 2 fully saturated rings. The molecule has 0 radical (unpaired) electrons. The molecule has 4 nitrogen and oxygen atoms in total. The second-order valence-corrected chi connectivity index (χ2v) is 9.36. The topological polar surface area (TPSA) is 69.1 Å². The molecule has 0 unspecified atom stereocenters. The molecule has 0 aromatic carbocycles. The summed E-state index contributed by atoms with van der Waals surface area (Å²) >= 11 is 0. The van der Waals surface area contributed by atoms with E-state index in [-0.39, 0.29) is 16.8 Å². The Morgan fingerprint density at radius 3 is 2.77 bits per heavy atom. The SMILES string of the molecule is C[C@]12CCC(=O)CC1=CC[C@@H]1[C@@H]2CC[C@]2(C)C(c3coc(N)n3)=CC[C@@H]12. The minimum atomic E-state index is 0.163. The molecule has 0 spiro atoms. The van der Waals surface area contributed by atoms with Crippen LogP contribution < -0.4 is 5.73 Å². The second kappa shape index (κ2) is 5.34. The Morgan fingerprint density at radius 2 is 2.00 bits per heavy atom. The van der Waals surface area contributed by atoms with Crippen LogP contribution in [0.5, 0.6) is 0 Å². The van der Waals surface area contributed by atoms with Crippen molar-refractivity contribution in [1.82, 2.24) is 4.98 Å². The predicted molar refractivity (Wildman–Crippen MR) is 101 cm³/mol. The lowest BCUT2D eigenvalue weighted by atomic mass is 9.47. The molecule has 0 bridgehead atoms. The maximum Gasteiger partial charge on any atom is 0.292 e. The van der Waals surface area contributed by atoms with Crippen LogP contribution in [-0.4, -0.2) is 10.8 Å². The molecule has 26 heavy (non-hydrogen) atoms. The summed E-state index contributed by atoms with van der Waals surface area (Å²) in [6.07, 6.45) is 13.7. The number of carbonyl (C=O) groups is 1. The maximum absolute atomic E-state index is 12.0. The van der Waals surface area contributed by atoms with Crippen molar-refractivity contribution in [2.24, 2.45) is 28.6 Å². The fraction of sp³-hybridized carbons (Fsp3) is 0.636. The summed E-state index contributed by atoms with van der Waals surface area (Å²) in [5, 5.41) is 0. The Bertz CT molecular complexity index is 835. The molecule has 1 aromatic rings. The summed E-state index contributed by atoms with van der Waals surface area (Å²) in [4.78, 5) is 16.4. The second-order valence-electron chi connectivity index (χ2n) is 9.36. The summed E-state index contributed by atoms with van der Waals surface area (Å²) in [6.45, 7) is 4.86. The van der Waals surface area contributed by atoms with Crippen molar-refractivity contribution in [2.75, 3.05) is 5.73 Å². The third-order valence-corrected chi connectivity index (χ3v) is 8.31. The number of nitrogen functional groups attached to an aromatic ring is 1. The molecule has 4 aliphatic rings. The lowest BCUT2D eigenvalue weighted by Crippen LogP contribution is -2.49. The van der Waals surface area contributed by atoms with Crippen LogP contribution in [0, 0.1) is 28.6 Å². The largest absolute Gasteiger partial charge is 0.432 e. The number of hydrogen-bond acceptors (Lipinski definition) is 4. The van der Waals surface area contributed by atoms with E-state index in [4.69, 9.17) is 10.2 Å². The number of fused-ring (bicyclic) bond motifs is 5. The van der Waals surface area contributed by atoms with Crippen molar-refractivity contribution in [3.63, 3.8) is 0 Å². The van der Waals surface area contributed by atoms with Gasteiger partial charge in [0.25, 0.3) is 6.01 Å². The number of allylic oxidation sites excluding steroid dienone is 4. The minimum absolute atomic E-state index is 0.163. The number of Topliss-reactive ketones (excluding diaryl/α,β-unsaturated/α-hetero) is 1. The average Bonchev–Trinajstić information content (AvgIpc) is 3.18. The van der Waals surface area contributed by atoms with Gasteiger partial charge in [0.1, 0.15) is 17.7 Å². The van der Waals surface area contributed by atoms with Gasteiger partial charge in [-0.2, -0.15) is 4.98 Å². The van der Waals surface area contributed by atoms with Gasteiger partial charge in [-0.15, -0.1) is 0 Å². The molecule has 2 saturated carbocycles. The van der Waals surface area contributed by atoms with E-state index in [1.165, 1.54) is 24.0 Å². The van der Waals surface area contributed by atoms with Crippen LogP contribution in [0.2, 0.25) is 0 Å². The van der Waals surface area contributed by atoms with E-state index in [9.17, 15) is 4.79 Å². The van der Waals surface area contributed by atoms with Gasteiger partial charge in [0, 0.05) is 12.8 Å². The Morgan fingerprint density at radius 1 is 1.15 bits per heavy atom. The molecule has 0 saturated heterocycles. The summed E-state index contributed by atoms with van der Waals surface area (Å²) in [5.74, 6) is 2.50. The van der Waals surface area contributed by atoms with Crippen LogP contribution in [0.4, 0.5) is 6.01 Å². The molecular formula is C22H28N2O2. The van der Waals surface area contributed by atoms with Gasteiger partial charge < -0.3 is 10.2 Å². The number of carbonyl (C=O) groups excluding carboxylic acids is 1. The van der Waals surface area contributed by atoms with Gasteiger partial charge in [0.2, 0.25) is 0 Å². The van der Waals surface area contributed by atoms with Crippen molar-refractivity contribution >= 4 is 17.4 Å². The number of aromatic nitrogens is 1. The first-order valence-electron chi connectivity index (χ1n) is 10.0. The van der Waals surface area contributed by atoms with Crippen molar-refractivity contribution < 1.29 is 9.21 Å². The number of ketones is 1. The van der Waals surface area contributed by atoms with Crippen LogP contribution in [0.3, 0.4) is 0 Å². The first-order valence-corrected chi connectivity index (χ1v) is 10.0. The molecule has 0 aliphatic heterocycles. The molecule has 4 heteroatoms. The molecule has 2 N–H and O–H groups in total. The zero-order valence-electron chi connectivity index (χ0n) is 15.8. The fourth-order valence-electron chi connectivity index (χ4n) is 6.85. The van der Waals surface area contributed by atoms with Crippen LogP contribution >= 0.6 is 0 Å². The van der Waals surface area contributed by atoms with Crippen LogP contribution in [0.15, 0.2) is 28.4 Å². The number of oxazole rings is 1. The van der Waals surface area contributed by atoms with Gasteiger partial charge in [-0.25, -0.2) is 0 Å². The summed E-state index contributed by atoms with van der Waals surface area (Å²) < 4.78 is 5.29. The van der Waals surface area contributed by atoms with Crippen molar-refractivity contribution in [1.29, 1.82) is 0 Å². The molecule has 138 valence electrons. The number of rotatable bonds is 1. The first-order chi connectivity index (χ1) is 12.4. The van der Waals surface area contributed by atoms with Gasteiger partial charge in [-0.1, -0.05) is 31.6 Å². The van der Waals surface area contributed by atoms with Crippen LogP contribution in [-0.2, 0) is 4.79 Å². The molecule has 4 aliphatic carbocycles. The zero-order valence-corrected chi connectivity index (χ0v) is 15.8. The normalized spacial score (nSPS) is 41.8. The third-order valence-electron chi connectivity index (χ3n) is 8.31. The summed E-state index contributed by atoms with van der Waals surface area (Å²) in [7, 11) is 0. The summed E-state index contributed by atoms with van der Waals surface area (Å²) in [5.41, 5.74) is 9.82. The first kappa shape index (κ1) is 16.3. The smallest absolute Gasteiger partial charge is 0.292 e. The lowest BCUT2D eigenvalue weighted by molar-refractivity contribution is -0.122. The fourth-order valence-corrected chi connectivity index (χ4v) is 6.85. The molecule has 1 aromatic heterocycles. The molecular weight excluding hydrogens is 324 g/mol. The van der Waals surface area contributed by atoms with E-state index in [0.29, 0.717) is 30.0 Å². The van der Waals surface area contributed by atoms with Gasteiger partial charge in [0.05, 0.1) is 0 Å². The highest BCUT2D eigenvalue weighted by atomic mass is 16.4. The van der Waals surface area contributed by atoms with Crippen molar-refractivity contribution in [3.05, 3.63) is 29.7 Å². The van der Waals surface area contributed by atoms with Crippen molar-refractivity contribution in [2.45, 2.75) is 58.8 Å². The quantitative estimate of drug-likeness (QED) is 0.738. The van der Waals surface area contributed by atoms with Gasteiger partial charge >= 0.3 is 0 Å². The zero-order chi connectivity index (χ0) is 18.1. The Labute approximate surface area is 154 Å². The lowest BCUT2D eigenvalue weighted by Gasteiger charge is -2.57. The standard InChI is InChI=1S/C22H28N2O2/c1-21-9-7-14(25)11-13(21)3-4-15-16-5-6-18(19-12-26-20(23)24-19)22(16,2)10-8-17(15)21/h3,6,12,15-17H,4-5,7-11H2,1-2H3,(H2,23,24)/t15-,16-,17-,21-,22-/m0/s1. The van der Waals surface area contributed by atoms with E-state index in [2.05, 4.69) is 31.0 Å². The van der Waals surface area contributed by atoms with E-state index in [1.54, 1.807) is 6.26 Å². The maximum atomic E-state index is 12.0. The van der Waals surface area contributed by atoms with Crippen LogP contribution in [0.25, 0.3) is 5.57 Å². The predicted octanol–water partition coefficient (Wildman–Crippen LogP) is 4.78. The van der Waals surface area contributed by atoms with E-state index >= 15 is 0 Å². The molecule has 5 atom stereocenters. The molecule has 0 amide bonds. The van der Waals surface area contributed by atoms with Gasteiger partial charge in [-0.3, -0.25) is 4.79 Å². The molecule has 5 rings (SSSR count). The van der Waals surface area contributed by atoms with E-state index in [1.807, 2.05) is 0 Å². The Balaban J connectivity index is 1.48. The van der Waals surface area contributed by atoms with Gasteiger partial charge in [0.15, 0.2) is 0 Å². The monoisotopic (exact) mass is 352 g/mol. The van der Waals surface area contributed by atoms with E-state index < -0.39 is 0 Å². The highest BCUT2D eigenvalue weighted by Gasteiger charge is 2.57. The van der Waals surface area contributed by atoms with Gasteiger partial charge in [-0.05, 0) is 66.3 Å². The molecule has 1 heterocycles. The number of nitrogens with two attached hydrogens (primary N) is 1. The minimum Gasteiger partial charge on any atom is -0.432 e. The van der Waals surface area contributed by atoms with E-state index in [0.717, 1.165) is 31.4 Å². The Kier molecular flexibility index (Phi) is 3.35. The number of hydrogen-bond donors (Lipinski definition) is 1.